The SMILES string of the molecule is CCn1cc(Br)cc1C(=O)NCc1ccnc(-n2cccn2)c1. The Balaban J connectivity index is 1.71. The van der Waals surface area contributed by atoms with Gasteiger partial charge in [0.15, 0.2) is 5.82 Å². The summed E-state index contributed by atoms with van der Waals surface area (Å²) in [6, 6.07) is 7.44. The monoisotopic (exact) mass is 373 g/mol. The quantitative estimate of drug-likeness (QED) is 0.747. The summed E-state index contributed by atoms with van der Waals surface area (Å²) in [4.78, 5) is 16.6. The highest BCUT2D eigenvalue weighted by Gasteiger charge is 2.12. The molecule has 0 radical (unpaired) electrons. The van der Waals surface area contributed by atoms with Gasteiger partial charge < -0.3 is 9.88 Å². The second-order valence-electron chi connectivity index (χ2n) is 4.99. The van der Waals surface area contributed by atoms with Crippen LogP contribution in [0, 0.1) is 0 Å². The Kier molecular flexibility index (Phi) is 4.57. The van der Waals surface area contributed by atoms with Crippen molar-refractivity contribution in [3.05, 3.63) is 64.8 Å². The smallest absolute Gasteiger partial charge is 0.268 e. The van der Waals surface area contributed by atoms with E-state index >= 15 is 0 Å². The second-order valence-corrected chi connectivity index (χ2v) is 5.90. The zero-order valence-corrected chi connectivity index (χ0v) is 14.2. The molecule has 1 N–H and O–H groups in total. The highest BCUT2D eigenvalue weighted by molar-refractivity contribution is 9.10. The average Bonchev–Trinajstić information content (AvgIpc) is 3.22. The van der Waals surface area contributed by atoms with E-state index in [1.165, 1.54) is 0 Å². The van der Waals surface area contributed by atoms with Crippen LogP contribution in [-0.4, -0.2) is 25.2 Å². The number of carbonyl (C=O) groups excluding carboxylic acids is 1. The predicted octanol–water partition coefficient (Wildman–Crippen LogP) is 2.78. The number of halogens is 1. The molecule has 3 aromatic rings. The first-order valence-electron chi connectivity index (χ1n) is 7.26. The summed E-state index contributed by atoms with van der Waals surface area (Å²) >= 11 is 3.40. The molecule has 0 bridgehead atoms. The number of nitrogens with one attached hydrogen (secondary N) is 1. The predicted molar refractivity (Wildman–Crippen MR) is 90.3 cm³/mol. The molecular formula is C16H16BrN5O. The minimum absolute atomic E-state index is 0.102. The lowest BCUT2D eigenvalue weighted by Crippen LogP contribution is -2.25. The summed E-state index contributed by atoms with van der Waals surface area (Å²) in [6.07, 6.45) is 7.14. The molecule has 0 spiro atoms. The molecule has 1 amide bonds. The van der Waals surface area contributed by atoms with Crippen LogP contribution in [0.15, 0.2) is 53.5 Å². The molecule has 0 aliphatic heterocycles. The van der Waals surface area contributed by atoms with Gasteiger partial charge in [0, 0.05) is 42.3 Å². The van der Waals surface area contributed by atoms with Gasteiger partial charge in [0.05, 0.1) is 0 Å². The third-order valence-corrected chi connectivity index (χ3v) is 3.87. The third kappa shape index (κ3) is 3.50. The van der Waals surface area contributed by atoms with E-state index in [2.05, 4.69) is 31.3 Å². The van der Waals surface area contributed by atoms with Gasteiger partial charge in [-0.1, -0.05) is 0 Å². The molecule has 0 aliphatic carbocycles. The number of amides is 1. The van der Waals surface area contributed by atoms with Gasteiger partial charge in [0.25, 0.3) is 5.91 Å². The topological polar surface area (TPSA) is 64.7 Å². The van der Waals surface area contributed by atoms with Gasteiger partial charge in [-0.15, -0.1) is 0 Å². The fourth-order valence-corrected chi connectivity index (χ4v) is 2.76. The van der Waals surface area contributed by atoms with Crippen LogP contribution in [0.1, 0.15) is 23.0 Å². The highest BCUT2D eigenvalue weighted by Crippen LogP contribution is 2.15. The summed E-state index contributed by atoms with van der Waals surface area (Å²) < 4.78 is 4.49. The van der Waals surface area contributed by atoms with Gasteiger partial charge in [0.1, 0.15) is 5.69 Å². The van der Waals surface area contributed by atoms with Crippen molar-refractivity contribution >= 4 is 21.8 Å². The zero-order chi connectivity index (χ0) is 16.2. The molecule has 0 unspecified atom stereocenters. The Morgan fingerprint density at radius 1 is 1.35 bits per heavy atom. The van der Waals surface area contributed by atoms with Crippen molar-refractivity contribution in [1.29, 1.82) is 0 Å². The standard InChI is InChI=1S/C16H16BrN5O/c1-2-21-11-13(17)9-14(21)16(23)19-10-12-4-6-18-15(8-12)22-7-3-5-20-22/h3-9,11H,2,10H2,1H3,(H,19,23). The van der Waals surface area contributed by atoms with E-state index in [4.69, 9.17) is 0 Å². The molecule has 0 fully saturated rings. The van der Waals surface area contributed by atoms with Crippen LogP contribution in [0.3, 0.4) is 0 Å². The lowest BCUT2D eigenvalue weighted by Gasteiger charge is -2.08. The van der Waals surface area contributed by atoms with E-state index in [1.807, 2.05) is 48.1 Å². The van der Waals surface area contributed by atoms with Crippen molar-refractivity contribution in [2.45, 2.75) is 20.0 Å². The first kappa shape index (κ1) is 15.5. The number of pyridine rings is 1. The summed E-state index contributed by atoms with van der Waals surface area (Å²) in [5, 5.41) is 7.09. The van der Waals surface area contributed by atoms with Crippen LogP contribution in [-0.2, 0) is 13.1 Å². The molecule has 0 aromatic carbocycles. The van der Waals surface area contributed by atoms with Crippen molar-refractivity contribution in [2.24, 2.45) is 0 Å². The Labute approximate surface area is 142 Å². The Hall–Kier alpha value is -2.41. The summed E-state index contributed by atoms with van der Waals surface area (Å²) in [6.45, 7) is 3.18. The zero-order valence-electron chi connectivity index (χ0n) is 12.6. The van der Waals surface area contributed by atoms with Crippen LogP contribution in [0.2, 0.25) is 0 Å². The molecule has 3 aromatic heterocycles. The maximum Gasteiger partial charge on any atom is 0.268 e. The van der Waals surface area contributed by atoms with Crippen molar-refractivity contribution in [3.8, 4) is 5.82 Å². The third-order valence-electron chi connectivity index (χ3n) is 3.44. The van der Waals surface area contributed by atoms with E-state index in [0.29, 0.717) is 12.2 Å². The number of hydrogen-bond acceptors (Lipinski definition) is 3. The van der Waals surface area contributed by atoms with Crippen molar-refractivity contribution in [3.63, 3.8) is 0 Å². The van der Waals surface area contributed by atoms with Crippen molar-refractivity contribution in [1.82, 2.24) is 24.6 Å². The van der Waals surface area contributed by atoms with E-state index < -0.39 is 0 Å². The molecule has 0 aliphatic rings. The van der Waals surface area contributed by atoms with Crippen LogP contribution in [0.4, 0.5) is 0 Å². The van der Waals surface area contributed by atoms with Gasteiger partial charge >= 0.3 is 0 Å². The number of rotatable bonds is 5. The van der Waals surface area contributed by atoms with Gasteiger partial charge in [-0.25, -0.2) is 9.67 Å². The molecular weight excluding hydrogens is 358 g/mol. The number of nitrogens with zero attached hydrogens (tertiary/aromatic N) is 4. The first-order valence-corrected chi connectivity index (χ1v) is 8.05. The fourth-order valence-electron chi connectivity index (χ4n) is 2.30. The van der Waals surface area contributed by atoms with Crippen molar-refractivity contribution < 1.29 is 4.79 Å². The van der Waals surface area contributed by atoms with Crippen LogP contribution in [0.25, 0.3) is 5.82 Å². The highest BCUT2D eigenvalue weighted by atomic mass is 79.9. The Morgan fingerprint density at radius 3 is 2.96 bits per heavy atom. The Bertz CT molecular complexity index is 810. The summed E-state index contributed by atoms with van der Waals surface area (Å²) in [5.74, 6) is 0.622. The fraction of sp³-hybridized carbons (Fsp3) is 0.188. The van der Waals surface area contributed by atoms with Gasteiger partial charge in [-0.2, -0.15) is 5.10 Å². The molecule has 0 saturated heterocycles. The van der Waals surface area contributed by atoms with Crippen LogP contribution >= 0.6 is 15.9 Å². The van der Waals surface area contributed by atoms with E-state index in [1.54, 1.807) is 17.1 Å². The normalized spacial score (nSPS) is 10.7. The van der Waals surface area contributed by atoms with E-state index in [-0.39, 0.29) is 5.91 Å². The van der Waals surface area contributed by atoms with E-state index in [9.17, 15) is 4.79 Å². The molecule has 6 nitrogen and oxygen atoms in total. The van der Waals surface area contributed by atoms with Gasteiger partial charge in [0.2, 0.25) is 0 Å². The van der Waals surface area contributed by atoms with Gasteiger partial charge in [-0.3, -0.25) is 4.79 Å². The lowest BCUT2D eigenvalue weighted by atomic mass is 10.2. The largest absolute Gasteiger partial charge is 0.347 e. The van der Waals surface area contributed by atoms with Crippen LogP contribution < -0.4 is 5.32 Å². The molecule has 0 saturated carbocycles. The summed E-state index contributed by atoms with van der Waals surface area (Å²) in [7, 11) is 0. The average molecular weight is 374 g/mol. The number of hydrogen-bond donors (Lipinski definition) is 1. The Morgan fingerprint density at radius 2 is 2.22 bits per heavy atom. The number of aromatic nitrogens is 4. The van der Waals surface area contributed by atoms with E-state index in [0.717, 1.165) is 22.4 Å². The van der Waals surface area contributed by atoms with Gasteiger partial charge in [-0.05, 0) is 52.7 Å². The minimum atomic E-state index is -0.102. The maximum atomic E-state index is 12.3. The first-order chi connectivity index (χ1) is 11.2. The second kappa shape index (κ2) is 6.78. The number of aryl methyl sites for hydroxylation is 1. The minimum Gasteiger partial charge on any atom is -0.347 e. The number of carbonyl (C=O) groups is 1. The lowest BCUT2D eigenvalue weighted by molar-refractivity contribution is 0.0941. The molecule has 118 valence electrons. The molecule has 23 heavy (non-hydrogen) atoms. The summed E-state index contributed by atoms with van der Waals surface area (Å²) in [5.41, 5.74) is 1.60. The molecule has 3 heterocycles. The maximum absolute atomic E-state index is 12.3. The molecule has 7 heteroatoms. The van der Waals surface area contributed by atoms with Crippen LogP contribution in [0.5, 0.6) is 0 Å². The van der Waals surface area contributed by atoms with Crippen molar-refractivity contribution in [2.75, 3.05) is 0 Å². The molecule has 0 atom stereocenters. The molecule has 3 rings (SSSR count).